The van der Waals surface area contributed by atoms with Crippen LogP contribution in [0.2, 0.25) is 0 Å². The zero-order valence-electron chi connectivity index (χ0n) is 22.6. The van der Waals surface area contributed by atoms with Gasteiger partial charge in [-0.3, -0.25) is 9.59 Å². The first kappa shape index (κ1) is 27.4. The molecule has 1 N–H and O–H groups in total. The molecule has 6 heteroatoms. The number of aromatic nitrogens is 1. The number of benzene rings is 1. The fourth-order valence-corrected chi connectivity index (χ4v) is 5.41. The number of rotatable bonds is 5. The second-order valence-corrected chi connectivity index (χ2v) is 10.4. The summed E-state index contributed by atoms with van der Waals surface area (Å²) >= 11 is 0. The van der Waals surface area contributed by atoms with Crippen molar-refractivity contribution in [1.29, 1.82) is 0 Å². The van der Waals surface area contributed by atoms with Crippen molar-refractivity contribution in [3.63, 3.8) is 0 Å². The molecule has 4 rings (SSSR count). The molecule has 2 fully saturated rings. The maximum atomic E-state index is 12.7. The van der Waals surface area contributed by atoms with Gasteiger partial charge in [0.25, 0.3) is 5.91 Å². The van der Waals surface area contributed by atoms with E-state index in [9.17, 15) is 9.59 Å². The minimum Gasteiger partial charge on any atom is -0.374 e. The number of nitrogens with zero attached hydrogens (tertiary/aromatic N) is 3. The Morgan fingerprint density at radius 1 is 1.14 bits per heavy atom. The summed E-state index contributed by atoms with van der Waals surface area (Å²) in [6, 6.07) is 14.4. The van der Waals surface area contributed by atoms with Gasteiger partial charge in [0.15, 0.2) is 0 Å². The minimum absolute atomic E-state index is 0.0199. The molecule has 3 heterocycles. The molecule has 1 unspecified atom stereocenters. The van der Waals surface area contributed by atoms with Crippen molar-refractivity contribution in [3.05, 3.63) is 77.3 Å². The number of likely N-dealkylation sites (N-methyl/N-ethyl adjacent to an activating group) is 1. The van der Waals surface area contributed by atoms with Crippen LogP contribution in [0, 0.1) is 19.3 Å². The van der Waals surface area contributed by atoms with Crippen LogP contribution >= 0.6 is 0 Å². The highest BCUT2D eigenvalue weighted by molar-refractivity contribution is 5.92. The van der Waals surface area contributed by atoms with Gasteiger partial charge in [-0.2, -0.15) is 0 Å². The average Bonchev–Trinajstić information content (AvgIpc) is 2.85. The summed E-state index contributed by atoms with van der Waals surface area (Å²) in [5.41, 5.74) is 4.49. The van der Waals surface area contributed by atoms with Crippen molar-refractivity contribution in [2.45, 2.75) is 59.3 Å². The summed E-state index contributed by atoms with van der Waals surface area (Å²) in [5, 5.41) is 2.97. The quantitative estimate of drug-likeness (QED) is 0.634. The number of carbonyl (C=O) groups excluding carboxylic acids is 2. The minimum atomic E-state index is -0.179. The molecule has 2 amide bonds. The summed E-state index contributed by atoms with van der Waals surface area (Å²) < 4.78 is 0. The molecule has 0 saturated carbocycles. The number of amides is 2. The first-order valence-electron chi connectivity index (χ1n) is 13.1. The molecule has 0 bridgehead atoms. The van der Waals surface area contributed by atoms with Gasteiger partial charge < -0.3 is 15.1 Å². The summed E-state index contributed by atoms with van der Waals surface area (Å²) in [6.07, 6.45) is 3.73. The molecule has 2 aliphatic rings. The Balaban J connectivity index is 0.00000115. The number of hydrogen-bond donors (Lipinski definition) is 1. The van der Waals surface area contributed by atoms with Crippen LogP contribution in [0.4, 0.5) is 0 Å². The number of aryl methyl sites for hydroxylation is 2. The van der Waals surface area contributed by atoms with Crippen LogP contribution in [-0.2, 0) is 4.79 Å². The molecule has 2 saturated heterocycles. The Kier molecular flexibility index (Phi) is 9.30. The van der Waals surface area contributed by atoms with Crippen molar-refractivity contribution in [1.82, 2.24) is 20.1 Å². The Hall–Kier alpha value is -3.15. The molecule has 0 aliphatic carbocycles. The Morgan fingerprint density at radius 2 is 1.78 bits per heavy atom. The molecular weight excluding hydrogens is 448 g/mol. The zero-order chi connectivity index (χ0) is 26.3. The second-order valence-electron chi connectivity index (χ2n) is 10.4. The summed E-state index contributed by atoms with van der Waals surface area (Å²) in [7, 11) is 1.91. The van der Waals surface area contributed by atoms with E-state index in [1.165, 1.54) is 12.0 Å². The third-order valence-corrected chi connectivity index (χ3v) is 7.32. The fraction of sp³-hybridized carbons (Fsp3) is 0.500. The highest BCUT2D eigenvalue weighted by atomic mass is 16.2. The van der Waals surface area contributed by atoms with E-state index < -0.39 is 0 Å². The highest BCUT2D eigenvalue weighted by Gasteiger charge is 2.47. The van der Waals surface area contributed by atoms with E-state index >= 15 is 0 Å². The molecule has 1 spiro atoms. The fourth-order valence-electron chi connectivity index (χ4n) is 5.41. The monoisotopic (exact) mass is 490 g/mol. The van der Waals surface area contributed by atoms with Gasteiger partial charge in [-0.05, 0) is 55.4 Å². The first-order valence-corrected chi connectivity index (χ1v) is 13.1. The second kappa shape index (κ2) is 12.2. The summed E-state index contributed by atoms with van der Waals surface area (Å²) in [4.78, 5) is 33.7. The summed E-state index contributed by atoms with van der Waals surface area (Å²) in [6.45, 7) is 15.2. The highest BCUT2D eigenvalue weighted by Crippen LogP contribution is 2.50. The number of pyridine rings is 1. The number of hydrogen-bond acceptors (Lipinski definition) is 4. The van der Waals surface area contributed by atoms with E-state index in [2.05, 4.69) is 59.9 Å². The van der Waals surface area contributed by atoms with Crippen LogP contribution in [0.15, 0.2) is 54.7 Å². The van der Waals surface area contributed by atoms with Gasteiger partial charge in [0.1, 0.15) is 5.69 Å². The molecule has 194 valence electrons. The molecule has 6 nitrogen and oxygen atoms in total. The largest absolute Gasteiger partial charge is 0.374 e. The van der Waals surface area contributed by atoms with Gasteiger partial charge >= 0.3 is 0 Å². The van der Waals surface area contributed by atoms with Crippen molar-refractivity contribution in [2.24, 2.45) is 5.41 Å². The Labute approximate surface area is 216 Å². The number of carbonyl (C=O) groups is 2. The van der Waals surface area contributed by atoms with Crippen LogP contribution in [0.3, 0.4) is 0 Å². The van der Waals surface area contributed by atoms with Crippen molar-refractivity contribution >= 4 is 11.8 Å². The van der Waals surface area contributed by atoms with Gasteiger partial charge in [-0.1, -0.05) is 57.2 Å². The predicted octanol–water partition coefficient (Wildman–Crippen LogP) is 5.09. The molecule has 1 aromatic heterocycles. The molecule has 0 radical (unpaired) electrons. The van der Waals surface area contributed by atoms with Gasteiger partial charge in [0, 0.05) is 50.4 Å². The van der Waals surface area contributed by atoms with Crippen LogP contribution in [0.25, 0.3) is 0 Å². The smallest absolute Gasteiger partial charge is 0.270 e. The Bertz CT molecular complexity index is 1040. The molecule has 36 heavy (non-hydrogen) atoms. The van der Waals surface area contributed by atoms with E-state index in [1.54, 1.807) is 6.07 Å². The number of piperidine rings is 2. The van der Waals surface area contributed by atoms with E-state index in [-0.39, 0.29) is 17.2 Å². The van der Waals surface area contributed by atoms with E-state index in [0.29, 0.717) is 24.6 Å². The molecule has 1 aromatic carbocycles. The van der Waals surface area contributed by atoms with Gasteiger partial charge in [-0.15, -0.1) is 0 Å². The normalized spacial score (nSPS) is 18.9. The molecule has 2 aromatic rings. The maximum absolute atomic E-state index is 12.7. The first-order chi connectivity index (χ1) is 17.2. The van der Waals surface area contributed by atoms with E-state index in [4.69, 9.17) is 0 Å². The van der Waals surface area contributed by atoms with Gasteiger partial charge in [0.2, 0.25) is 5.91 Å². The topological polar surface area (TPSA) is 65.5 Å². The van der Waals surface area contributed by atoms with Crippen LogP contribution in [0.1, 0.15) is 72.8 Å². The third-order valence-electron chi connectivity index (χ3n) is 7.32. The predicted molar refractivity (Wildman–Crippen MR) is 146 cm³/mol. The van der Waals surface area contributed by atoms with Crippen molar-refractivity contribution in [3.8, 4) is 0 Å². The van der Waals surface area contributed by atoms with E-state index in [0.717, 1.165) is 49.4 Å². The lowest BCUT2D eigenvalue weighted by Gasteiger charge is -2.51. The van der Waals surface area contributed by atoms with Crippen molar-refractivity contribution < 1.29 is 9.59 Å². The lowest BCUT2D eigenvalue weighted by molar-refractivity contribution is -0.139. The maximum Gasteiger partial charge on any atom is 0.270 e. The lowest BCUT2D eigenvalue weighted by Crippen LogP contribution is -2.52. The summed E-state index contributed by atoms with van der Waals surface area (Å²) in [5.74, 6) is 0.399. The third kappa shape index (κ3) is 6.54. The lowest BCUT2D eigenvalue weighted by atomic mass is 9.62. The van der Waals surface area contributed by atoms with Gasteiger partial charge in [0.05, 0.1) is 6.54 Å². The van der Waals surface area contributed by atoms with Crippen LogP contribution in [-0.4, -0.2) is 59.8 Å². The SMILES string of the molecule is C=C(CNC(=O)c1cc(C)cc(C)n1)N1CCC2(CC1)CC(=O)N(C)CC2c1ccccc1.CCC. The van der Waals surface area contributed by atoms with Gasteiger partial charge in [-0.25, -0.2) is 4.98 Å². The van der Waals surface area contributed by atoms with E-state index in [1.807, 2.05) is 37.9 Å². The van der Waals surface area contributed by atoms with Crippen LogP contribution in [0.5, 0.6) is 0 Å². The molecular formula is C30H42N4O2. The number of likely N-dealkylation sites (tertiary alicyclic amines) is 2. The Morgan fingerprint density at radius 3 is 2.39 bits per heavy atom. The van der Waals surface area contributed by atoms with Crippen molar-refractivity contribution in [2.75, 3.05) is 33.2 Å². The number of nitrogens with one attached hydrogen (secondary N) is 1. The molecule has 2 aliphatic heterocycles. The average molecular weight is 491 g/mol. The molecule has 1 atom stereocenters. The zero-order valence-corrected chi connectivity index (χ0v) is 22.6. The van der Waals surface area contributed by atoms with Crippen LogP contribution < -0.4 is 5.32 Å². The standard InChI is InChI=1S/C27H34N4O2.C3H8/c1-19-14-20(2)29-24(15-19)26(33)28-17-21(3)31-12-10-27(11-13-31)16-25(32)30(4)18-23(27)22-8-6-5-7-9-22;1-3-2/h5-9,14-15,23H,3,10-13,16-18H2,1-2,4H3,(H,28,33);3H2,1-2H3.